The van der Waals surface area contributed by atoms with Crippen molar-refractivity contribution in [2.75, 3.05) is 7.11 Å². The Morgan fingerprint density at radius 3 is 2.11 bits per heavy atom. The zero-order chi connectivity index (χ0) is 19.6. The third-order valence-electron chi connectivity index (χ3n) is 3.94. The predicted octanol–water partition coefficient (Wildman–Crippen LogP) is 5.97. The maximum Gasteiger partial charge on any atom is 0.417 e. The molecule has 3 rings (SSSR count). The minimum atomic E-state index is -4.70. The first-order chi connectivity index (χ1) is 12.8. The monoisotopic (exact) mass is 388 g/mol. The SMILES string of the molecule is COc1ccc(-c2cc(C(F)(F)F)c(C#N)c(-c3ccc(Cl)cc3)n2)cc1. The van der Waals surface area contributed by atoms with Crippen molar-refractivity contribution in [3.8, 4) is 34.3 Å². The number of halogens is 4. The summed E-state index contributed by atoms with van der Waals surface area (Å²) in [5.41, 5.74) is -0.653. The topological polar surface area (TPSA) is 45.9 Å². The highest BCUT2D eigenvalue weighted by molar-refractivity contribution is 6.30. The van der Waals surface area contributed by atoms with Gasteiger partial charge in [0, 0.05) is 16.1 Å². The highest BCUT2D eigenvalue weighted by atomic mass is 35.5. The molecular weight excluding hydrogens is 377 g/mol. The lowest BCUT2D eigenvalue weighted by Crippen LogP contribution is -2.10. The lowest BCUT2D eigenvalue weighted by atomic mass is 9.98. The average Bonchev–Trinajstić information content (AvgIpc) is 2.67. The van der Waals surface area contributed by atoms with E-state index in [1.807, 2.05) is 0 Å². The van der Waals surface area contributed by atoms with Crippen LogP contribution < -0.4 is 4.74 Å². The third kappa shape index (κ3) is 3.88. The molecule has 3 aromatic rings. The molecule has 0 N–H and O–H groups in total. The van der Waals surface area contributed by atoms with Gasteiger partial charge in [0.2, 0.25) is 0 Å². The van der Waals surface area contributed by atoms with Gasteiger partial charge in [0.05, 0.1) is 29.6 Å². The van der Waals surface area contributed by atoms with Gasteiger partial charge < -0.3 is 4.74 Å². The van der Waals surface area contributed by atoms with Crippen molar-refractivity contribution in [3.63, 3.8) is 0 Å². The zero-order valence-electron chi connectivity index (χ0n) is 14.0. The van der Waals surface area contributed by atoms with Gasteiger partial charge in [0.15, 0.2) is 0 Å². The number of nitrogens with zero attached hydrogens (tertiary/aromatic N) is 2. The average molecular weight is 389 g/mol. The summed E-state index contributed by atoms with van der Waals surface area (Å²) in [6.45, 7) is 0. The van der Waals surface area contributed by atoms with E-state index in [0.717, 1.165) is 6.07 Å². The number of methoxy groups -OCH3 is 1. The van der Waals surface area contributed by atoms with E-state index in [2.05, 4.69) is 4.98 Å². The molecule has 27 heavy (non-hydrogen) atoms. The predicted molar refractivity (Wildman–Crippen MR) is 96.4 cm³/mol. The highest BCUT2D eigenvalue weighted by Crippen LogP contribution is 2.38. The maximum absolute atomic E-state index is 13.6. The van der Waals surface area contributed by atoms with Crippen molar-refractivity contribution in [2.45, 2.75) is 6.18 Å². The summed E-state index contributed by atoms with van der Waals surface area (Å²) in [5.74, 6) is 0.571. The van der Waals surface area contributed by atoms with Gasteiger partial charge in [-0.2, -0.15) is 18.4 Å². The fraction of sp³-hybridized carbons (Fsp3) is 0.100. The summed E-state index contributed by atoms with van der Waals surface area (Å²) < 4.78 is 45.8. The second-order valence-electron chi connectivity index (χ2n) is 5.62. The summed E-state index contributed by atoms with van der Waals surface area (Å²) in [6, 6.07) is 15.1. The number of alkyl halides is 3. The molecule has 0 fully saturated rings. The number of pyridine rings is 1. The largest absolute Gasteiger partial charge is 0.497 e. The Morgan fingerprint density at radius 2 is 1.59 bits per heavy atom. The van der Waals surface area contributed by atoms with Crippen LogP contribution in [-0.4, -0.2) is 12.1 Å². The molecule has 0 aliphatic rings. The Hall–Kier alpha value is -3.04. The zero-order valence-corrected chi connectivity index (χ0v) is 14.8. The number of aromatic nitrogens is 1. The number of ether oxygens (including phenoxy) is 1. The van der Waals surface area contributed by atoms with Gasteiger partial charge in [-0.1, -0.05) is 23.7 Å². The van der Waals surface area contributed by atoms with Crippen LogP contribution in [0.1, 0.15) is 11.1 Å². The number of hydrogen-bond acceptors (Lipinski definition) is 3. The Balaban J connectivity index is 2.27. The van der Waals surface area contributed by atoms with E-state index >= 15 is 0 Å². The van der Waals surface area contributed by atoms with Crippen LogP contribution in [0.5, 0.6) is 5.75 Å². The second kappa shape index (κ2) is 7.29. The highest BCUT2D eigenvalue weighted by Gasteiger charge is 2.36. The Bertz CT molecular complexity index is 1010. The van der Waals surface area contributed by atoms with E-state index in [-0.39, 0.29) is 11.4 Å². The lowest BCUT2D eigenvalue weighted by molar-refractivity contribution is -0.137. The molecule has 1 heterocycles. The molecule has 0 saturated heterocycles. The molecular formula is C20H12ClF3N2O. The summed E-state index contributed by atoms with van der Waals surface area (Å²) in [7, 11) is 1.50. The summed E-state index contributed by atoms with van der Waals surface area (Å²) in [6.07, 6.45) is -4.70. The number of nitriles is 1. The minimum Gasteiger partial charge on any atom is -0.497 e. The Kier molecular flexibility index (Phi) is 5.06. The van der Waals surface area contributed by atoms with Gasteiger partial charge in [-0.15, -0.1) is 0 Å². The van der Waals surface area contributed by atoms with Crippen LogP contribution in [0.15, 0.2) is 54.6 Å². The van der Waals surface area contributed by atoms with E-state index < -0.39 is 17.3 Å². The van der Waals surface area contributed by atoms with E-state index in [1.54, 1.807) is 30.3 Å². The fourth-order valence-corrected chi connectivity index (χ4v) is 2.73. The molecule has 0 unspecified atom stereocenters. The van der Waals surface area contributed by atoms with Crippen molar-refractivity contribution in [1.29, 1.82) is 5.26 Å². The lowest BCUT2D eigenvalue weighted by Gasteiger charge is -2.15. The van der Waals surface area contributed by atoms with Crippen molar-refractivity contribution >= 4 is 11.6 Å². The molecule has 3 nitrogen and oxygen atoms in total. The molecule has 136 valence electrons. The molecule has 0 radical (unpaired) electrons. The fourth-order valence-electron chi connectivity index (χ4n) is 2.61. The van der Waals surface area contributed by atoms with Gasteiger partial charge in [-0.05, 0) is 42.5 Å². The normalized spacial score (nSPS) is 11.1. The smallest absolute Gasteiger partial charge is 0.417 e. The molecule has 1 aromatic heterocycles. The van der Waals surface area contributed by atoms with Crippen LogP contribution in [0.2, 0.25) is 5.02 Å². The molecule has 0 atom stereocenters. The van der Waals surface area contributed by atoms with Crippen LogP contribution in [0, 0.1) is 11.3 Å². The van der Waals surface area contributed by atoms with Gasteiger partial charge >= 0.3 is 6.18 Å². The van der Waals surface area contributed by atoms with Crippen molar-refractivity contribution in [1.82, 2.24) is 4.98 Å². The van der Waals surface area contributed by atoms with Crippen LogP contribution in [0.4, 0.5) is 13.2 Å². The van der Waals surface area contributed by atoms with Crippen LogP contribution >= 0.6 is 11.6 Å². The number of benzene rings is 2. The Morgan fingerprint density at radius 1 is 1.00 bits per heavy atom. The van der Waals surface area contributed by atoms with Crippen LogP contribution in [-0.2, 0) is 6.18 Å². The first kappa shape index (κ1) is 18.7. The first-order valence-corrected chi connectivity index (χ1v) is 8.14. The summed E-state index contributed by atoms with van der Waals surface area (Å²) in [4.78, 5) is 4.34. The van der Waals surface area contributed by atoms with Crippen molar-refractivity contribution in [2.24, 2.45) is 0 Å². The summed E-state index contributed by atoms with van der Waals surface area (Å²) in [5, 5.41) is 9.81. The molecule has 0 spiro atoms. The second-order valence-corrected chi connectivity index (χ2v) is 6.06. The van der Waals surface area contributed by atoms with E-state index in [9.17, 15) is 18.4 Å². The van der Waals surface area contributed by atoms with E-state index in [4.69, 9.17) is 16.3 Å². The van der Waals surface area contributed by atoms with Gasteiger partial charge in [-0.25, -0.2) is 4.98 Å². The standard InChI is InChI=1S/C20H12ClF3N2O/c1-27-15-8-4-12(5-9-15)18-10-17(20(22,23)24)16(11-25)19(26-18)13-2-6-14(21)7-3-13/h2-10H,1H3. The van der Waals surface area contributed by atoms with Gasteiger partial charge in [0.1, 0.15) is 11.8 Å². The maximum atomic E-state index is 13.6. The Labute approximate surface area is 158 Å². The summed E-state index contributed by atoms with van der Waals surface area (Å²) >= 11 is 5.86. The molecule has 0 aliphatic carbocycles. The van der Waals surface area contributed by atoms with Crippen molar-refractivity contribution < 1.29 is 17.9 Å². The quantitative estimate of drug-likeness (QED) is 0.555. The minimum absolute atomic E-state index is 0.0465. The van der Waals surface area contributed by atoms with Crippen LogP contribution in [0.3, 0.4) is 0 Å². The van der Waals surface area contributed by atoms with Crippen LogP contribution in [0.25, 0.3) is 22.5 Å². The number of rotatable bonds is 3. The third-order valence-corrected chi connectivity index (χ3v) is 4.19. The van der Waals surface area contributed by atoms with Crippen molar-refractivity contribution in [3.05, 3.63) is 70.7 Å². The molecule has 0 saturated carbocycles. The van der Waals surface area contributed by atoms with Gasteiger partial charge in [0.25, 0.3) is 0 Å². The number of hydrogen-bond donors (Lipinski definition) is 0. The molecule has 2 aromatic carbocycles. The van der Waals surface area contributed by atoms with E-state index in [1.165, 1.54) is 31.4 Å². The molecule has 7 heteroatoms. The van der Waals surface area contributed by atoms with Gasteiger partial charge in [-0.3, -0.25) is 0 Å². The first-order valence-electron chi connectivity index (χ1n) is 7.76. The van der Waals surface area contributed by atoms with E-state index in [0.29, 0.717) is 21.9 Å². The molecule has 0 bridgehead atoms. The molecule has 0 amide bonds. The molecule has 0 aliphatic heterocycles.